The van der Waals surface area contributed by atoms with Gasteiger partial charge in [-0.3, -0.25) is 24.0 Å². The highest BCUT2D eigenvalue weighted by Gasteiger charge is 2.30. The lowest BCUT2D eigenvalue weighted by atomic mass is 10.0. The third-order valence-electron chi connectivity index (χ3n) is 8.31. The third kappa shape index (κ3) is 11.6. The van der Waals surface area contributed by atoms with E-state index in [2.05, 4.69) is 42.2 Å². The molecule has 278 valence electrons. The van der Waals surface area contributed by atoms with Crippen LogP contribution < -0.4 is 36.6 Å². The number of rotatable bonds is 8. The third-order valence-corrected chi connectivity index (χ3v) is 8.31. The van der Waals surface area contributed by atoms with Gasteiger partial charge in [-0.05, 0) is 44.2 Å². The van der Waals surface area contributed by atoms with Gasteiger partial charge in [0.25, 0.3) is 0 Å². The van der Waals surface area contributed by atoms with Crippen LogP contribution in [-0.4, -0.2) is 108 Å². The van der Waals surface area contributed by atoms with Gasteiger partial charge in [0.05, 0.1) is 31.9 Å². The van der Waals surface area contributed by atoms with E-state index in [0.29, 0.717) is 23.6 Å². The second-order valence-corrected chi connectivity index (χ2v) is 12.3. The van der Waals surface area contributed by atoms with Crippen LogP contribution in [0, 0.1) is 0 Å². The maximum atomic E-state index is 13.9. The largest absolute Gasteiger partial charge is 0.492 e. The van der Waals surface area contributed by atoms with Crippen LogP contribution in [0.2, 0.25) is 0 Å². The van der Waals surface area contributed by atoms with Crippen LogP contribution >= 0.6 is 0 Å². The van der Waals surface area contributed by atoms with Crippen molar-refractivity contribution in [3.63, 3.8) is 0 Å². The van der Waals surface area contributed by atoms with Gasteiger partial charge in [-0.1, -0.05) is 47.7 Å². The van der Waals surface area contributed by atoms with Crippen molar-refractivity contribution in [2.75, 3.05) is 27.3 Å². The highest BCUT2D eigenvalue weighted by molar-refractivity contribution is 5.95. The number of nitrogens with one attached hydrogen (secondary N) is 6. The molecule has 2 aromatic carbocycles. The second-order valence-electron chi connectivity index (χ2n) is 12.3. The fraction of sp³-hybridized carbons (Fsp3) is 0.429. The minimum absolute atomic E-state index is 0.0188. The summed E-state index contributed by atoms with van der Waals surface area (Å²) in [5, 5.41) is 24.3. The van der Waals surface area contributed by atoms with Crippen LogP contribution in [0.4, 0.5) is 0 Å². The number of benzene rings is 2. The molecule has 0 unspecified atom stereocenters. The van der Waals surface area contributed by atoms with Gasteiger partial charge in [-0.2, -0.15) is 0 Å². The van der Waals surface area contributed by atoms with E-state index in [0.717, 1.165) is 5.56 Å². The number of aromatic nitrogens is 3. The topological polar surface area (TPSA) is 224 Å². The minimum Gasteiger partial charge on any atom is -0.492 e. The predicted octanol–water partition coefficient (Wildman–Crippen LogP) is -1.45. The normalized spacial score (nSPS) is 19.9. The van der Waals surface area contributed by atoms with Crippen molar-refractivity contribution in [3.8, 4) is 5.75 Å². The number of carbonyl (C=O) groups excluding carboxylic acids is 6. The standard InChI is InChI=1S/C35H45N9O8/c1-21(36-3)31(46)40-29-18-25-20-44(43-42-25)14-15-52-26-12-10-24(11-13-26)17-28(33(48)38-22(2)35(50)51-4)41-34(49)27(16-23-8-6-5-7-9-23)39-30(45)19-37-32(29)47/h5-13,20-22,27-29,36H,14-19H2,1-4H3,(H,37,47)(H,38,48)(H,39,45)(H,40,46)(H,41,49)/t21-,22+,27-,28-,29-/m0/s1. The van der Waals surface area contributed by atoms with Gasteiger partial charge in [0.2, 0.25) is 29.5 Å². The van der Waals surface area contributed by atoms with Crippen LogP contribution in [-0.2, 0) is 59.3 Å². The Morgan fingerprint density at radius 2 is 1.71 bits per heavy atom. The number of fused-ring (bicyclic) bond motifs is 15. The lowest BCUT2D eigenvalue weighted by Gasteiger charge is -2.25. The molecule has 5 atom stereocenters. The Labute approximate surface area is 300 Å². The monoisotopic (exact) mass is 719 g/mol. The Hall–Kier alpha value is -5.84. The van der Waals surface area contributed by atoms with E-state index in [1.807, 2.05) is 6.07 Å². The Morgan fingerprint density at radius 1 is 0.981 bits per heavy atom. The molecule has 5 amide bonds. The number of likely N-dealkylation sites (N-methyl/N-ethyl adjacent to an activating group) is 1. The molecule has 3 aromatic rings. The molecule has 3 heterocycles. The summed E-state index contributed by atoms with van der Waals surface area (Å²) in [7, 11) is 2.80. The lowest BCUT2D eigenvalue weighted by molar-refractivity contribution is -0.144. The van der Waals surface area contributed by atoms with Gasteiger partial charge in [0.1, 0.15) is 36.5 Å². The SMILES string of the molecule is CN[C@@H](C)C(=O)N[C@H]1Cc2cn(nn2)CCOc2ccc(cc2)C[C@@H](C(=O)N[C@H](C)C(=O)OC)NC(=O)[C@H](Cc2ccccc2)NC(=O)CNC1=O. The smallest absolute Gasteiger partial charge is 0.328 e. The van der Waals surface area contributed by atoms with Crippen molar-refractivity contribution in [2.24, 2.45) is 0 Å². The molecule has 2 aliphatic heterocycles. The Kier molecular flexibility index (Phi) is 14.2. The summed E-state index contributed by atoms with van der Waals surface area (Å²) in [6.45, 7) is 3.12. The van der Waals surface area contributed by atoms with E-state index in [-0.39, 0.29) is 25.9 Å². The van der Waals surface area contributed by atoms with Crippen molar-refractivity contribution in [1.29, 1.82) is 0 Å². The molecule has 17 nitrogen and oxygen atoms in total. The molecule has 4 bridgehead atoms. The molecule has 17 heteroatoms. The first-order valence-corrected chi connectivity index (χ1v) is 16.8. The first kappa shape index (κ1) is 39.0. The van der Waals surface area contributed by atoms with Gasteiger partial charge in [0, 0.05) is 25.5 Å². The number of hydrogen-bond acceptors (Lipinski definition) is 11. The van der Waals surface area contributed by atoms with Gasteiger partial charge in [0.15, 0.2) is 0 Å². The zero-order chi connectivity index (χ0) is 37.6. The fourth-order valence-corrected chi connectivity index (χ4v) is 5.23. The van der Waals surface area contributed by atoms with E-state index >= 15 is 0 Å². The van der Waals surface area contributed by atoms with Crippen LogP contribution in [0.25, 0.3) is 0 Å². The summed E-state index contributed by atoms with van der Waals surface area (Å²) in [6, 6.07) is 10.8. The number of methoxy groups -OCH3 is 1. The van der Waals surface area contributed by atoms with Crippen molar-refractivity contribution in [1.82, 2.24) is 46.9 Å². The molecule has 52 heavy (non-hydrogen) atoms. The number of nitrogens with zero attached hydrogens (tertiary/aromatic N) is 3. The molecule has 1 aromatic heterocycles. The van der Waals surface area contributed by atoms with Crippen LogP contribution in [0.5, 0.6) is 5.75 Å². The zero-order valence-corrected chi connectivity index (χ0v) is 29.5. The number of ether oxygens (including phenoxy) is 2. The van der Waals surface area contributed by atoms with Gasteiger partial charge < -0.3 is 41.4 Å². The molecular weight excluding hydrogens is 674 g/mol. The Morgan fingerprint density at radius 3 is 2.40 bits per heavy atom. The zero-order valence-electron chi connectivity index (χ0n) is 29.5. The molecule has 0 spiro atoms. The van der Waals surface area contributed by atoms with Crippen molar-refractivity contribution in [2.45, 2.75) is 69.9 Å². The van der Waals surface area contributed by atoms with E-state index in [1.54, 1.807) is 73.4 Å². The molecule has 0 saturated heterocycles. The molecular formula is C35H45N9O8. The molecule has 2 aliphatic rings. The van der Waals surface area contributed by atoms with Crippen LogP contribution in [0.15, 0.2) is 60.8 Å². The van der Waals surface area contributed by atoms with E-state index in [4.69, 9.17) is 9.47 Å². The Bertz CT molecular complexity index is 1700. The Balaban J connectivity index is 1.64. The van der Waals surface area contributed by atoms with E-state index < -0.39 is 72.3 Å². The van der Waals surface area contributed by atoms with Crippen molar-refractivity contribution >= 4 is 35.5 Å². The summed E-state index contributed by atoms with van der Waals surface area (Å²) in [4.78, 5) is 78.9. The average molecular weight is 720 g/mol. The molecule has 0 aliphatic carbocycles. The molecule has 0 fully saturated rings. The summed E-state index contributed by atoms with van der Waals surface area (Å²) in [5.41, 5.74) is 1.82. The average Bonchev–Trinajstić information content (AvgIpc) is 3.59. The first-order valence-electron chi connectivity index (χ1n) is 16.8. The summed E-state index contributed by atoms with van der Waals surface area (Å²) in [6.07, 6.45) is 1.71. The number of esters is 1. The molecule has 6 N–H and O–H groups in total. The summed E-state index contributed by atoms with van der Waals surface area (Å²) >= 11 is 0. The number of hydrogen-bond donors (Lipinski definition) is 6. The molecule has 0 radical (unpaired) electrons. The predicted molar refractivity (Wildman–Crippen MR) is 186 cm³/mol. The quantitative estimate of drug-likeness (QED) is 0.117. The maximum absolute atomic E-state index is 13.9. The minimum atomic E-state index is -1.17. The summed E-state index contributed by atoms with van der Waals surface area (Å²) in [5.74, 6) is -3.25. The van der Waals surface area contributed by atoms with Crippen molar-refractivity contribution in [3.05, 3.63) is 77.6 Å². The lowest BCUT2D eigenvalue weighted by Crippen LogP contribution is -2.57. The molecule has 5 rings (SSSR count). The van der Waals surface area contributed by atoms with Gasteiger partial charge in [-0.25, -0.2) is 9.48 Å². The fourth-order valence-electron chi connectivity index (χ4n) is 5.23. The highest BCUT2D eigenvalue weighted by Crippen LogP contribution is 2.15. The van der Waals surface area contributed by atoms with E-state index in [9.17, 15) is 28.8 Å². The van der Waals surface area contributed by atoms with Gasteiger partial charge in [-0.15, -0.1) is 5.10 Å². The van der Waals surface area contributed by atoms with Gasteiger partial charge >= 0.3 is 5.97 Å². The van der Waals surface area contributed by atoms with Crippen LogP contribution in [0.3, 0.4) is 0 Å². The second kappa shape index (κ2) is 19.0. The van der Waals surface area contributed by atoms with E-state index in [1.165, 1.54) is 14.0 Å². The number of amides is 5. The van der Waals surface area contributed by atoms with Crippen LogP contribution in [0.1, 0.15) is 30.7 Å². The maximum Gasteiger partial charge on any atom is 0.328 e. The van der Waals surface area contributed by atoms with Crippen molar-refractivity contribution < 1.29 is 38.2 Å². The summed E-state index contributed by atoms with van der Waals surface area (Å²) < 4.78 is 12.2. The molecule has 0 saturated carbocycles. The highest BCUT2D eigenvalue weighted by atomic mass is 16.5. The number of carbonyl (C=O) groups is 6. The first-order chi connectivity index (χ1) is 24.9.